The van der Waals surface area contributed by atoms with Gasteiger partial charge in [0, 0.05) is 0 Å². The summed E-state index contributed by atoms with van der Waals surface area (Å²) in [6, 6.07) is 0. The second kappa shape index (κ2) is 11.4. The van der Waals surface area contributed by atoms with Crippen molar-refractivity contribution in [3.8, 4) is 0 Å². The van der Waals surface area contributed by atoms with Gasteiger partial charge in [-0.1, -0.05) is 13.2 Å². The lowest BCUT2D eigenvalue weighted by atomic mass is 9.98. The van der Waals surface area contributed by atoms with Crippen LogP contribution in [-0.4, -0.2) is 53.0 Å². The smallest absolute Gasteiger partial charge is 0.189 e. The topological polar surface area (TPSA) is 71.1 Å². The highest BCUT2D eigenvalue weighted by molar-refractivity contribution is 6.00. The Morgan fingerprint density at radius 1 is 0.606 bits per heavy atom. The molecule has 0 rings (SSSR count). The number of carbonyl (C=O) groups excluding carboxylic acids is 2. The molecule has 0 aliphatic rings. The minimum Gasteiger partial charge on any atom is -0.367 e. The van der Waals surface area contributed by atoms with Crippen molar-refractivity contribution in [3.05, 3.63) is 24.3 Å². The van der Waals surface area contributed by atoms with Gasteiger partial charge in [-0.05, 0) is 107 Å². The minimum absolute atomic E-state index is 0.109. The van der Waals surface area contributed by atoms with Crippen LogP contribution in [0.15, 0.2) is 24.3 Å². The molecule has 33 heavy (non-hydrogen) atoms. The van der Waals surface area contributed by atoms with E-state index < -0.39 is 28.2 Å². The Bertz CT molecular complexity index is 665. The first-order valence-corrected chi connectivity index (χ1v) is 11.6. The molecule has 6 heteroatoms. The fourth-order valence-corrected chi connectivity index (χ4v) is 3.72. The SMILES string of the molecule is C=C(C)C(=O)C(C)(C)OCCC(C)(C)OC(C)(C)OC(C)(C)CCOC(C)(C)C(=O)C(=C)C. The lowest BCUT2D eigenvalue weighted by Crippen LogP contribution is -2.46. The fraction of sp³-hybridized carbons (Fsp3) is 0.778. The monoisotopic (exact) mass is 468 g/mol. The van der Waals surface area contributed by atoms with E-state index in [9.17, 15) is 9.59 Å². The third-order valence-corrected chi connectivity index (χ3v) is 5.25. The van der Waals surface area contributed by atoms with Gasteiger partial charge in [-0.3, -0.25) is 9.59 Å². The highest BCUT2D eigenvalue weighted by atomic mass is 16.7. The van der Waals surface area contributed by atoms with E-state index in [1.165, 1.54) is 0 Å². The van der Waals surface area contributed by atoms with Gasteiger partial charge in [0.05, 0.1) is 24.4 Å². The maximum atomic E-state index is 12.2. The molecule has 0 aromatic carbocycles. The lowest BCUT2D eigenvalue weighted by Gasteiger charge is -2.41. The molecule has 0 bridgehead atoms. The molecule has 0 saturated carbocycles. The quantitative estimate of drug-likeness (QED) is 0.205. The highest BCUT2D eigenvalue weighted by Gasteiger charge is 2.37. The van der Waals surface area contributed by atoms with Crippen LogP contribution >= 0.6 is 0 Å². The Balaban J connectivity index is 4.84. The average Bonchev–Trinajstić information content (AvgIpc) is 2.56. The molecule has 0 fully saturated rings. The largest absolute Gasteiger partial charge is 0.367 e. The van der Waals surface area contributed by atoms with Crippen molar-refractivity contribution in [2.24, 2.45) is 0 Å². The van der Waals surface area contributed by atoms with Gasteiger partial charge in [-0.2, -0.15) is 0 Å². The van der Waals surface area contributed by atoms with E-state index in [2.05, 4.69) is 13.2 Å². The first-order chi connectivity index (χ1) is 14.5. The standard InChI is InChI=1S/C27H48O6/c1-19(2)21(28)25(9,10)30-17-15-23(5,6)32-27(13,14)33-24(7,8)16-18-31-26(11,12)22(29)20(3)4/h1,3,15-18H2,2,4-14H3. The van der Waals surface area contributed by atoms with Crippen LogP contribution in [0, 0.1) is 0 Å². The first kappa shape index (κ1) is 31.7. The molecular formula is C27H48O6. The molecule has 0 radical (unpaired) electrons. The van der Waals surface area contributed by atoms with Crippen molar-refractivity contribution < 1.29 is 28.5 Å². The van der Waals surface area contributed by atoms with Crippen LogP contribution in [0.25, 0.3) is 0 Å². The number of ether oxygens (including phenoxy) is 4. The Morgan fingerprint density at radius 3 is 1.12 bits per heavy atom. The van der Waals surface area contributed by atoms with Gasteiger partial charge in [-0.15, -0.1) is 0 Å². The highest BCUT2D eigenvalue weighted by Crippen LogP contribution is 2.31. The Hall–Kier alpha value is -1.34. The van der Waals surface area contributed by atoms with Crippen molar-refractivity contribution >= 4 is 11.6 Å². The number of ketones is 2. The molecule has 6 nitrogen and oxygen atoms in total. The summed E-state index contributed by atoms with van der Waals surface area (Å²) in [4.78, 5) is 24.4. The summed E-state index contributed by atoms with van der Waals surface area (Å²) in [6.45, 7) is 30.1. The molecule has 0 amide bonds. The summed E-state index contributed by atoms with van der Waals surface area (Å²) in [7, 11) is 0. The van der Waals surface area contributed by atoms with Crippen LogP contribution in [0.5, 0.6) is 0 Å². The van der Waals surface area contributed by atoms with Crippen molar-refractivity contribution in [2.45, 2.75) is 124 Å². The van der Waals surface area contributed by atoms with E-state index in [1.807, 2.05) is 41.5 Å². The molecule has 0 aromatic heterocycles. The predicted octanol–water partition coefficient (Wildman–Crippen LogP) is 5.97. The van der Waals surface area contributed by atoms with Crippen molar-refractivity contribution in [1.82, 2.24) is 0 Å². The van der Waals surface area contributed by atoms with Gasteiger partial charge in [0.25, 0.3) is 0 Å². The molecule has 192 valence electrons. The van der Waals surface area contributed by atoms with E-state index in [0.717, 1.165) is 0 Å². The van der Waals surface area contributed by atoms with Gasteiger partial charge in [0.2, 0.25) is 0 Å². The van der Waals surface area contributed by atoms with Crippen LogP contribution < -0.4 is 0 Å². The molecule has 0 aromatic rings. The summed E-state index contributed by atoms with van der Waals surface area (Å²) in [6.07, 6.45) is 1.15. The number of rotatable bonds is 16. The summed E-state index contributed by atoms with van der Waals surface area (Å²) in [5, 5.41) is 0. The van der Waals surface area contributed by atoms with Gasteiger partial charge < -0.3 is 18.9 Å². The summed E-state index contributed by atoms with van der Waals surface area (Å²) in [5.41, 5.74) is -1.99. The van der Waals surface area contributed by atoms with E-state index in [-0.39, 0.29) is 11.6 Å². The van der Waals surface area contributed by atoms with Gasteiger partial charge in [0.15, 0.2) is 17.4 Å². The third kappa shape index (κ3) is 11.6. The lowest BCUT2D eigenvalue weighted by molar-refractivity contribution is -0.303. The zero-order chi connectivity index (χ0) is 26.5. The van der Waals surface area contributed by atoms with Gasteiger partial charge in [-0.25, -0.2) is 0 Å². The molecule has 0 aliphatic heterocycles. The Labute approximate surface area is 202 Å². The van der Waals surface area contributed by atoms with E-state index in [0.29, 0.717) is 37.2 Å². The first-order valence-electron chi connectivity index (χ1n) is 11.6. The van der Waals surface area contributed by atoms with Crippen LogP contribution in [0.3, 0.4) is 0 Å². The number of hydrogen-bond acceptors (Lipinski definition) is 6. The van der Waals surface area contributed by atoms with Gasteiger partial charge >= 0.3 is 0 Å². The van der Waals surface area contributed by atoms with Crippen molar-refractivity contribution in [1.29, 1.82) is 0 Å². The Morgan fingerprint density at radius 2 is 0.879 bits per heavy atom. The molecule has 0 aliphatic carbocycles. The van der Waals surface area contributed by atoms with E-state index >= 15 is 0 Å². The van der Waals surface area contributed by atoms with Crippen LogP contribution in [0.4, 0.5) is 0 Å². The molecule has 0 spiro atoms. The Kier molecular flexibility index (Phi) is 10.9. The fourth-order valence-electron chi connectivity index (χ4n) is 3.72. The van der Waals surface area contributed by atoms with Crippen molar-refractivity contribution in [3.63, 3.8) is 0 Å². The minimum atomic E-state index is -0.921. The van der Waals surface area contributed by atoms with Crippen LogP contribution in [-0.2, 0) is 28.5 Å². The van der Waals surface area contributed by atoms with E-state index in [4.69, 9.17) is 18.9 Å². The summed E-state index contributed by atoms with van der Waals surface area (Å²) < 4.78 is 24.3. The average molecular weight is 469 g/mol. The second-order valence-electron chi connectivity index (χ2n) is 11.6. The van der Waals surface area contributed by atoms with Gasteiger partial charge in [0.1, 0.15) is 11.2 Å². The number of carbonyl (C=O) groups is 2. The molecule has 0 heterocycles. The number of Topliss-reactive ketones (excluding diaryl/α,β-unsaturated/α-hetero) is 2. The zero-order valence-corrected chi connectivity index (χ0v) is 23.2. The summed E-state index contributed by atoms with van der Waals surface area (Å²) in [5.74, 6) is -1.09. The summed E-state index contributed by atoms with van der Waals surface area (Å²) >= 11 is 0. The normalized spacial score (nSPS) is 13.7. The maximum Gasteiger partial charge on any atom is 0.189 e. The molecule has 0 atom stereocenters. The zero-order valence-electron chi connectivity index (χ0n) is 23.2. The number of hydrogen-bond donors (Lipinski definition) is 0. The van der Waals surface area contributed by atoms with Crippen LogP contribution in [0.2, 0.25) is 0 Å². The molecule has 0 saturated heterocycles. The third-order valence-electron chi connectivity index (χ3n) is 5.25. The molecule has 0 N–H and O–H groups in total. The maximum absolute atomic E-state index is 12.2. The van der Waals surface area contributed by atoms with Crippen molar-refractivity contribution in [2.75, 3.05) is 13.2 Å². The molecular weight excluding hydrogens is 420 g/mol. The van der Waals surface area contributed by atoms with E-state index in [1.54, 1.807) is 41.5 Å². The second-order valence-corrected chi connectivity index (χ2v) is 11.6. The predicted molar refractivity (Wildman–Crippen MR) is 133 cm³/mol. The molecule has 0 unspecified atom stereocenters. The van der Waals surface area contributed by atoms with Crippen LogP contribution in [0.1, 0.15) is 95.9 Å².